The monoisotopic (exact) mass is 390 g/mol. The van der Waals surface area contributed by atoms with Gasteiger partial charge >= 0.3 is 0 Å². The van der Waals surface area contributed by atoms with E-state index in [-0.39, 0.29) is 23.4 Å². The molecule has 0 fully saturated rings. The van der Waals surface area contributed by atoms with Crippen LogP contribution in [0.3, 0.4) is 0 Å². The number of hydrogen-bond donors (Lipinski definition) is 3. The lowest BCUT2D eigenvalue weighted by molar-refractivity contribution is 0.418. The summed E-state index contributed by atoms with van der Waals surface area (Å²) in [4.78, 5) is 15.4. The Morgan fingerprint density at radius 2 is 1.96 bits per heavy atom. The lowest BCUT2D eigenvalue weighted by atomic mass is 10.1. The highest BCUT2D eigenvalue weighted by molar-refractivity contribution is 7.89. The molecule has 0 aliphatic heterocycles. The third-order valence-corrected chi connectivity index (χ3v) is 6.23. The molecule has 0 bridgehead atoms. The molecule has 27 heavy (non-hydrogen) atoms. The Balaban J connectivity index is 1.85. The molecule has 0 amide bonds. The molecule has 0 atom stereocenters. The SMILES string of the molecule is COc1ccc(C)c2cc(CCNS(=O)(=O)c3c(C)n[nH]c3C)c(=O)[nH]c12. The van der Waals surface area contributed by atoms with E-state index in [0.29, 0.717) is 28.2 Å². The number of methoxy groups -OCH3 is 1. The Bertz CT molecular complexity index is 1140. The first-order chi connectivity index (χ1) is 12.7. The Morgan fingerprint density at radius 3 is 2.59 bits per heavy atom. The van der Waals surface area contributed by atoms with E-state index in [4.69, 9.17) is 4.74 Å². The number of aryl methyl sites for hydroxylation is 3. The second-order valence-electron chi connectivity index (χ2n) is 6.41. The van der Waals surface area contributed by atoms with Crippen LogP contribution in [-0.2, 0) is 16.4 Å². The zero-order valence-electron chi connectivity index (χ0n) is 15.6. The van der Waals surface area contributed by atoms with Gasteiger partial charge in [0.2, 0.25) is 10.0 Å². The van der Waals surface area contributed by atoms with Crippen molar-refractivity contribution in [2.45, 2.75) is 32.1 Å². The standard InChI is InChI=1S/C18H22N4O4S/c1-10-5-6-15(26-4)16-14(10)9-13(18(23)20-16)7-8-19-27(24,25)17-11(2)21-22-12(17)3/h5-6,9,19H,7-8H2,1-4H3,(H,20,23)(H,21,22). The van der Waals surface area contributed by atoms with Gasteiger partial charge in [0.15, 0.2) is 0 Å². The Kier molecular flexibility index (Phi) is 5.07. The van der Waals surface area contributed by atoms with E-state index in [1.54, 1.807) is 33.1 Å². The van der Waals surface area contributed by atoms with Crippen molar-refractivity contribution in [2.24, 2.45) is 0 Å². The quantitative estimate of drug-likeness (QED) is 0.592. The van der Waals surface area contributed by atoms with Crippen LogP contribution in [0.25, 0.3) is 10.9 Å². The van der Waals surface area contributed by atoms with Gasteiger partial charge in [0, 0.05) is 17.5 Å². The summed E-state index contributed by atoms with van der Waals surface area (Å²) in [6.45, 7) is 5.32. The first-order valence-electron chi connectivity index (χ1n) is 8.45. The highest BCUT2D eigenvalue weighted by Gasteiger charge is 2.21. The van der Waals surface area contributed by atoms with Crippen LogP contribution >= 0.6 is 0 Å². The van der Waals surface area contributed by atoms with Crippen molar-refractivity contribution in [1.82, 2.24) is 19.9 Å². The molecular weight excluding hydrogens is 368 g/mol. The predicted octanol–water partition coefficient (Wildman–Crippen LogP) is 1.71. The van der Waals surface area contributed by atoms with Gasteiger partial charge in [-0.05, 0) is 44.9 Å². The topological polar surface area (TPSA) is 117 Å². The van der Waals surface area contributed by atoms with Crippen molar-refractivity contribution in [2.75, 3.05) is 13.7 Å². The first-order valence-corrected chi connectivity index (χ1v) is 9.93. The molecule has 0 aliphatic rings. The summed E-state index contributed by atoms with van der Waals surface area (Å²) in [5, 5.41) is 7.44. The molecule has 0 spiro atoms. The maximum Gasteiger partial charge on any atom is 0.251 e. The normalized spacial score (nSPS) is 11.9. The number of H-pyrrole nitrogens is 2. The largest absolute Gasteiger partial charge is 0.495 e. The van der Waals surface area contributed by atoms with Crippen LogP contribution in [0.5, 0.6) is 5.75 Å². The number of nitrogens with zero attached hydrogens (tertiary/aromatic N) is 1. The van der Waals surface area contributed by atoms with Crippen LogP contribution in [-0.4, -0.2) is 37.3 Å². The zero-order chi connectivity index (χ0) is 19.8. The van der Waals surface area contributed by atoms with E-state index < -0.39 is 10.0 Å². The molecule has 2 aromatic heterocycles. The van der Waals surface area contributed by atoms with Crippen molar-refractivity contribution in [3.63, 3.8) is 0 Å². The van der Waals surface area contributed by atoms with Crippen LogP contribution in [0, 0.1) is 20.8 Å². The van der Waals surface area contributed by atoms with E-state index in [1.165, 1.54) is 0 Å². The van der Waals surface area contributed by atoms with E-state index >= 15 is 0 Å². The van der Waals surface area contributed by atoms with Gasteiger partial charge in [-0.15, -0.1) is 0 Å². The third kappa shape index (κ3) is 3.60. The number of sulfonamides is 1. The summed E-state index contributed by atoms with van der Waals surface area (Å²) in [5.41, 5.74) is 2.76. The maximum absolute atomic E-state index is 12.5. The molecule has 9 heteroatoms. The minimum atomic E-state index is -3.70. The van der Waals surface area contributed by atoms with Crippen molar-refractivity contribution in [3.05, 3.63) is 51.1 Å². The second-order valence-corrected chi connectivity index (χ2v) is 8.11. The molecule has 1 aromatic carbocycles. The highest BCUT2D eigenvalue weighted by Crippen LogP contribution is 2.26. The van der Waals surface area contributed by atoms with Crippen LogP contribution < -0.4 is 15.0 Å². The molecule has 3 aromatic rings. The molecule has 3 rings (SSSR count). The van der Waals surface area contributed by atoms with E-state index in [0.717, 1.165) is 10.9 Å². The van der Waals surface area contributed by atoms with Crippen LogP contribution in [0.1, 0.15) is 22.5 Å². The Labute approximate surface area is 157 Å². The Morgan fingerprint density at radius 1 is 1.22 bits per heavy atom. The Hall–Kier alpha value is -2.65. The number of ether oxygens (including phenoxy) is 1. The molecule has 144 valence electrons. The van der Waals surface area contributed by atoms with Gasteiger partial charge in [-0.2, -0.15) is 5.10 Å². The summed E-state index contributed by atoms with van der Waals surface area (Å²) in [7, 11) is -2.15. The van der Waals surface area contributed by atoms with Crippen LogP contribution in [0.15, 0.2) is 27.9 Å². The lowest BCUT2D eigenvalue weighted by Crippen LogP contribution is -2.28. The second kappa shape index (κ2) is 7.16. The molecule has 8 nitrogen and oxygen atoms in total. The summed E-state index contributed by atoms with van der Waals surface area (Å²) in [5.74, 6) is 0.589. The number of pyridine rings is 1. The molecule has 0 radical (unpaired) electrons. The zero-order valence-corrected chi connectivity index (χ0v) is 16.5. The third-order valence-electron chi connectivity index (χ3n) is 4.51. The smallest absolute Gasteiger partial charge is 0.251 e. The number of benzene rings is 1. The number of rotatable bonds is 6. The fourth-order valence-electron chi connectivity index (χ4n) is 3.14. The van der Waals surface area contributed by atoms with Gasteiger partial charge < -0.3 is 9.72 Å². The van der Waals surface area contributed by atoms with E-state index in [1.807, 2.05) is 13.0 Å². The minimum absolute atomic E-state index is 0.101. The van der Waals surface area contributed by atoms with Crippen molar-refractivity contribution < 1.29 is 13.2 Å². The van der Waals surface area contributed by atoms with E-state index in [9.17, 15) is 13.2 Å². The summed E-state index contributed by atoms with van der Waals surface area (Å²) in [6.07, 6.45) is 0.261. The highest BCUT2D eigenvalue weighted by atomic mass is 32.2. The number of nitrogens with one attached hydrogen (secondary N) is 3. The summed E-state index contributed by atoms with van der Waals surface area (Å²) in [6, 6.07) is 5.50. The lowest BCUT2D eigenvalue weighted by Gasteiger charge is -2.10. The van der Waals surface area contributed by atoms with Gasteiger partial charge in [-0.1, -0.05) is 6.07 Å². The van der Waals surface area contributed by atoms with Gasteiger partial charge in [-0.25, -0.2) is 13.1 Å². The number of aromatic amines is 2. The van der Waals surface area contributed by atoms with Crippen molar-refractivity contribution >= 4 is 20.9 Å². The maximum atomic E-state index is 12.5. The molecule has 2 heterocycles. The van der Waals surface area contributed by atoms with Crippen molar-refractivity contribution in [3.8, 4) is 5.75 Å². The van der Waals surface area contributed by atoms with Crippen LogP contribution in [0.2, 0.25) is 0 Å². The predicted molar refractivity (Wildman–Crippen MR) is 103 cm³/mol. The number of hydrogen-bond acceptors (Lipinski definition) is 5. The molecule has 0 saturated carbocycles. The fraction of sp³-hybridized carbons (Fsp3) is 0.333. The molecule has 0 unspecified atom stereocenters. The van der Waals surface area contributed by atoms with Crippen molar-refractivity contribution in [1.29, 1.82) is 0 Å². The van der Waals surface area contributed by atoms with E-state index in [2.05, 4.69) is 19.9 Å². The molecule has 0 aliphatic carbocycles. The van der Waals surface area contributed by atoms with Gasteiger partial charge in [0.05, 0.1) is 24.0 Å². The summed E-state index contributed by atoms with van der Waals surface area (Å²) < 4.78 is 32.8. The number of aromatic nitrogens is 3. The number of fused-ring (bicyclic) bond motifs is 1. The fourth-order valence-corrected chi connectivity index (χ4v) is 4.54. The minimum Gasteiger partial charge on any atom is -0.495 e. The first kappa shape index (κ1) is 19.1. The van der Waals surface area contributed by atoms with Crippen LogP contribution in [0.4, 0.5) is 0 Å². The summed E-state index contributed by atoms with van der Waals surface area (Å²) >= 11 is 0. The molecule has 3 N–H and O–H groups in total. The average molecular weight is 390 g/mol. The average Bonchev–Trinajstić information content (AvgIpc) is 2.95. The van der Waals surface area contributed by atoms with Gasteiger partial charge in [0.1, 0.15) is 10.6 Å². The van der Waals surface area contributed by atoms with Gasteiger partial charge in [0.25, 0.3) is 5.56 Å². The van der Waals surface area contributed by atoms with Gasteiger partial charge in [-0.3, -0.25) is 9.89 Å². The molecule has 0 saturated heterocycles. The molecular formula is C18H22N4O4S.